The zero-order valence-electron chi connectivity index (χ0n) is 17.2. The van der Waals surface area contributed by atoms with E-state index in [2.05, 4.69) is 24.1 Å². The fourth-order valence-electron chi connectivity index (χ4n) is 2.64. The van der Waals surface area contributed by atoms with Crippen LogP contribution < -0.4 is 10.1 Å². The van der Waals surface area contributed by atoms with E-state index >= 15 is 0 Å². The van der Waals surface area contributed by atoms with Gasteiger partial charge in [-0.3, -0.25) is 9.59 Å². The molecular weight excluding hydrogens is 374 g/mol. The molecule has 6 nitrogen and oxygen atoms in total. The van der Waals surface area contributed by atoms with Gasteiger partial charge in [-0.15, -0.1) is 11.3 Å². The number of amides is 2. The molecule has 0 spiro atoms. The van der Waals surface area contributed by atoms with Crippen LogP contribution >= 0.6 is 11.3 Å². The summed E-state index contributed by atoms with van der Waals surface area (Å²) in [7, 11) is 1.58. The van der Waals surface area contributed by atoms with Crippen LogP contribution in [0.3, 0.4) is 0 Å². The minimum absolute atomic E-state index is 0.0754. The number of benzene rings is 1. The Balaban J connectivity index is 2.14. The standard InChI is InChI=1S/C21H29N3O3S/c1-14(2)10-22-20(25)18-13-28-19(23-18)12-24(11-15(3)4)21(26)16-7-6-8-17(9-16)27-5/h6-9,13-15H,10-12H2,1-5H3,(H,22,25). The van der Waals surface area contributed by atoms with Crippen molar-refractivity contribution in [2.45, 2.75) is 34.2 Å². The van der Waals surface area contributed by atoms with Gasteiger partial charge >= 0.3 is 0 Å². The second kappa shape index (κ2) is 10.2. The van der Waals surface area contributed by atoms with E-state index in [1.54, 1.807) is 35.6 Å². The van der Waals surface area contributed by atoms with Gasteiger partial charge in [-0.2, -0.15) is 0 Å². The van der Waals surface area contributed by atoms with Gasteiger partial charge in [0.2, 0.25) is 0 Å². The summed E-state index contributed by atoms with van der Waals surface area (Å²) < 4.78 is 5.23. The molecule has 152 valence electrons. The number of nitrogens with one attached hydrogen (secondary N) is 1. The Hall–Kier alpha value is -2.41. The van der Waals surface area contributed by atoms with Crippen molar-refractivity contribution in [3.8, 4) is 5.75 Å². The van der Waals surface area contributed by atoms with Crippen molar-refractivity contribution in [2.24, 2.45) is 11.8 Å². The van der Waals surface area contributed by atoms with Gasteiger partial charge in [0.25, 0.3) is 11.8 Å². The zero-order valence-corrected chi connectivity index (χ0v) is 18.0. The zero-order chi connectivity index (χ0) is 20.7. The summed E-state index contributed by atoms with van der Waals surface area (Å²) in [6.07, 6.45) is 0. The number of aromatic nitrogens is 1. The summed E-state index contributed by atoms with van der Waals surface area (Å²) in [5.74, 6) is 1.08. The molecule has 1 aromatic heterocycles. The van der Waals surface area contributed by atoms with E-state index in [1.807, 2.05) is 19.9 Å². The van der Waals surface area contributed by atoms with Crippen LogP contribution in [-0.4, -0.2) is 41.9 Å². The molecule has 0 fully saturated rings. The summed E-state index contributed by atoms with van der Waals surface area (Å²) in [5.41, 5.74) is 0.977. The molecule has 1 aromatic carbocycles. The lowest BCUT2D eigenvalue weighted by Crippen LogP contribution is -2.34. The maximum absolute atomic E-state index is 13.0. The third-order valence-corrected chi connectivity index (χ3v) is 4.80. The highest BCUT2D eigenvalue weighted by atomic mass is 32.1. The third kappa shape index (κ3) is 6.34. The lowest BCUT2D eigenvalue weighted by molar-refractivity contribution is 0.0722. The van der Waals surface area contributed by atoms with E-state index in [0.29, 0.717) is 48.5 Å². The minimum Gasteiger partial charge on any atom is -0.497 e. The van der Waals surface area contributed by atoms with Gasteiger partial charge in [-0.25, -0.2) is 4.98 Å². The Morgan fingerprint density at radius 1 is 1.21 bits per heavy atom. The SMILES string of the molecule is COc1cccc(C(=O)N(Cc2nc(C(=O)NCC(C)C)cs2)CC(C)C)c1. The molecule has 0 aliphatic heterocycles. The Morgan fingerprint density at radius 3 is 2.61 bits per heavy atom. The lowest BCUT2D eigenvalue weighted by Gasteiger charge is -2.24. The summed E-state index contributed by atoms with van der Waals surface area (Å²) in [6, 6.07) is 7.14. The molecule has 0 saturated heterocycles. The number of hydrogen-bond acceptors (Lipinski definition) is 5. The smallest absolute Gasteiger partial charge is 0.270 e. The van der Waals surface area contributed by atoms with E-state index in [0.717, 1.165) is 5.01 Å². The normalized spacial score (nSPS) is 11.0. The van der Waals surface area contributed by atoms with Crippen molar-refractivity contribution in [2.75, 3.05) is 20.2 Å². The number of rotatable bonds is 9. The summed E-state index contributed by atoms with van der Waals surface area (Å²) >= 11 is 1.40. The van der Waals surface area contributed by atoms with Crippen LogP contribution in [0, 0.1) is 11.8 Å². The number of methoxy groups -OCH3 is 1. The van der Waals surface area contributed by atoms with E-state index in [1.165, 1.54) is 11.3 Å². The second-order valence-electron chi connectivity index (χ2n) is 7.54. The first-order valence-electron chi connectivity index (χ1n) is 9.46. The Kier molecular flexibility index (Phi) is 7.99. The highest BCUT2D eigenvalue weighted by Gasteiger charge is 2.20. The summed E-state index contributed by atoms with van der Waals surface area (Å²) in [5, 5.41) is 5.36. The summed E-state index contributed by atoms with van der Waals surface area (Å²) in [4.78, 5) is 31.4. The van der Waals surface area contributed by atoms with E-state index < -0.39 is 0 Å². The van der Waals surface area contributed by atoms with Gasteiger partial charge in [-0.1, -0.05) is 33.8 Å². The van der Waals surface area contributed by atoms with Crippen molar-refractivity contribution in [1.29, 1.82) is 0 Å². The van der Waals surface area contributed by atoms with Gasteiger partial charge in [0, 0.05) is 24.0 Å². The van der Waals surface area contributed by atoms with Crippen molar-refractivity contribution in [3.05, 3.63) is 45.9 Å². The molecule has 0 atom stereocenters. The number of carbonyl (C=O) groups is 2. The molecule has 0 radical (unpaired) electrons. The average Bonchev–Trinajstić information content (AvgIpc) is 3.13. The number of hydrogen-bond donors (Lipinski definition) is 1. The second-order valence-corrected chi connectivity index (χ2v) is 8.48. The number of nitrogens with zero attached hydrogens (tertiary/aromatic N) is 2. The first kappa shape index (κ1) is 21.9. The Morgan fingerprint density at radius 2 is 1.96 bits per heavy atom. The lowest BCUT2D eigenvalue weighted by atomic mass is 10.1. The van der Waals surface area contributed by atoms with Crippen molar-refractivity contribution < 1.29 is 14.3 Å². The van der Waals surface area contributed by atoms with Crippen LogP contribution in [0.1, 0.15) is 53.5 Å². The first-order valence-corrected chi connectivity index (χ1v) is 10.3. The molecule has 0 unspecified atom stereocenters. The van der Waals surface area contributed by atoms with Crippen LogP contribution in [0.2, 0.25) is 0 Å². The number of ether oxygens (including phenoxy) is 1. The molecule has 7 heteroatoms. The molecule has 2 aromatic rings. The topological polar surface area (TPSA) is 71.5 Å². The van der Waals surface area contributed by atoms with E-state index in [9.17, 15) is 9.59 Å². The maximum atomic E-state index is 13.0. The van der Waals surface area contributed by atoms with Gasteiger partial charge in [0.1, 0.15) is 16.5 Å². The fraction of sp³-hybridized carbons (Fsp3) is 0.476. The van der Waals surface area contributed by atoms with Gasteiger partial charge in [0.05, 0.1) is 13.7 Å². The first-order chi connectivity index (χ1) is 13.3. The fourth-order valence-corrected chi connectivity index (χ4v) is 3.43. The molecule has 2 amide bonds. The van der Waals surface area contributed by atoms with Crippen molar-refractivity contribution in [1.82, 2.24) is 15.2 Å². The number of carbonyl (C=O) groups excluding carboxylic acids is 2. The maximum Gasteiger partial charge on any atom is 0.270 e. The minimum atomic E-state index is -0.175. The highest BCUT2D eigenvalue weighted by Crippen LogP contribution is 2.19. The van der Waals surface area contributed by atoms with Crippen LogP contribution in [0.15, 0.2) is 29.6 Å². The molecule has 0 saturated carbocycles. The largest absolute Gasteiger partial charge is 0.497 e. The predicted molar refractivity (Wildman–Crippen MR) is 112 cm³/mol. The average molecular weight is 404 g/mol. The van der Waals surface area contributed by atoms with Crippen LogP contribution in [-0.2, 0) is 6.54 Å². The van der Waals surface area contributed by atoms with Gasteiger partial charge in [0.15, 0.2) is 0 Å². The van der Waals surface area contributed by atoms with Crippen LogP contribution in [0.25, 0.3) is 0 Å². The molecular formula is C21H29N3O3S. The molecule has 2 rings (SSSR count). The molecule has 1 heterocycles. The number of thiazole rings is 1. The van der Waals surface area contributed by atoms with E-state index in [-0.39, 0.29) is 11.8 Å². The van der Waals surface area contributed by atoms with Crippen LogP contribution in [0.5, 0.6) is 5.75 Å². The predicted octanol–water partition coefficient (Wildman–Crippen LogP) is 3.84. The Bertz CT molecular complexity index is 802. The molecule has 0 bridgehead atoms. The molecule has 0 aliphatic rings. The third-order valence-electron chi connectivity index (χ3n) is 3.97. The summed E-state index contributed by atoms with van der Waals surface area (Å²) in [6.45, 7) is 9.80. The van der Waals surface area contributed by atoms with Gasteiger partial charge < -0.3 is 15.0 Å². The van der Waals surface area contributed by atoms with E-state index in [4.69, 9.17) is 4.74 Å². The van der Waals surface area contributed by atoms with Gasteiger partial charge in [-0.05, 0) is 30.0 Å². The monoisotopic (exact) mass is 403 g/mol. The molecule has 0 aliphatic carbocycles. The highest BCUT2D eigenvalue weighted by molar-refractivity contribution is 7.09. The van der Waals surface area contributed by atoms with Crippen molar-refractivity contribution >= 4 is 23.2 Å². The Labute approximate surface area is 170 Å². The molecule has 28 heavy (non-hydrogen) atoms. The van der Waals surface area contributed by atoms with Crippen molar-refractivity contribution in [3.63, 3.8) is 0 Å². The quantitative estimate of drug-likeness (QED) is 0.691. The molecule has 1 N–H and O–H groups in total. The van der Waals surface area contributed by atoms with Crippen LogP contribution in [0.4, 0.5) is 0 Å².